The highest BCUT2D eigenvalue weighted by molar-refractivity contribution is 5.93. The van der Waals surface area contributed by atoms with Gasteiger partial charge >= 0.3 is 0 Å². The smallest absolute Gasteiger partial charge is 0.246 e. The molecule has 1 saturated heterocycles. The molecule has 9 heteroatoms. The van der Waals surface area contributed by atoms with Gasteiger partial charge in [-0.05, 0) is 30.9 Å². The number of piperazine rings is 1. The van der Waals surface area contributed by atoms with Gasteiger partial charge in [0, 0.05) is 44.0 Å². The number of nitrogens with zero attached hydrogens (tertiary/aromatic N) is 4. The summed E-state index contributed by atoms with van der Waals surface area (Å²) >= 11 is 0. The van der Waals surface area contributed by atoms with Crippen LogP contribution < -0.4 is 5.32 Å². The lowest BCUT2D eigenvalue weighted by Crippen LogP contribution is -2.52. The molecular formula is C26H31F2N5O2. The zero-order chi connectivity index (χ0) is 25.3. The third-order valence-corrected chi connectivity index (χ3v) is 6.60. The van der Waals surface area contributed by atoms with Crippen molar-refractivity contribution in [2.24, 2.45) is 5.92 Å². The van der Waals surface area contributed by atoms with E-state index in [4.69, 9.17) is 0 Å². The Balaban J connectivity index is 1.40. The van der Waals surface area contributed by atoms with Crippen LogP contribution in [0.3, 0.4) is 0 Å². The van der Waals surface area contributed by atoms with Crippen molar-refractivity contribution in [2.45, 2.75) is 33.7 Å². The van der Waals surface area contributed by atoms with Crippen LogP contribution in [0.1, 0.15) is 31.0 Å². The first-order valence-electron chi connectivity index (χ1n) is 11.8. The number of halogens is 2. The predicted molar refractivity (Wildman–Crippen MR) is 131 cm³/mol. The largest absolute Gasteiger partial charge is 0.338 e. The second kappa shape index (κ2) is 10.1. The van der Waals surface area contributed by atoms with Gasteiger partial charge in [0.15, 0.2) is 11.6 Å². The summed E-state index contributed by atoms with van der Waals surface area (Å²) in [5.74, 6) is -2.20. The van der Waals surface area contributed by atoms with Crippen molar-refractivity contribution < 1.29 is 18.4 Å². The molecule has 7 nitrogen and oxygen atoms in total. The molecule has 0 aliphatic carbocycles. The van der Waals surface area contributed by atoms with Gasteiger partial charge in [-0.25, -0.2) is 13.8 Å². The second-order valence-electron chi connectivity index (χ2n) is 9.51. The number of amides is 2. The molecule has 0 spiro atoms. The monoisotopic (exact) mass is 483 g/mol. The topological polar surface area (TPSA) is 70.5 Å². The lowest BCUT2D eigenvalue weighted by Gasteiger charge is -2.37. The Kier molecular flexibility index (Phi) is 7.16. The Hall–Kier alpha value is -3.33. The van der Waals surface area contributed by atoms with E-state index in [1.165, 1.54) is 6.33 Å². The van der Waals surface area contributed by atoms with Crippen molar-refractivity contribution in [2.75, 3.05) is 38.0 Å². The molecule has 0 bridgehead atoms. The molecule has 35 heavy (non-hydrogen) atoms. The number of hydrogen-bond donors (Lipinski definition) is 1. The summed E-state index contributed by atoms with van der Waals surface area (Å²) in [6.45, 7) is 10.1. The average Bonchev–Trinajstić information content (AvgIpc) is 3.19. The van der Waals surface area contributed by atoms with Gasteiger partial charge in [-0.1, -0.05) is 32.0 Å². The molecule has 1 fully saturated rings. The third kappa shape index (κ3) is 5.19. The summed E-state index contributed by atoms with van der Waals surface area (Å²) in [5, 5.41) is 3.01. The standard InChI is InChI=1S/C26H31F2N5O2/c1-16(2)25(33-15-29-21-12-19(27)20(28)13-22(21)33)26(35)32-10-8-31(9-11-32)14-23(34)30-24-17(3)6-5-7-18(24)4/h5-7,12-13,15-16,25H,8-11,14H2,1-4H3,(H,30,34). The summed E-state index contributed by atoms with van der Waals surface area (Å²) in [4.78, 5) is 34.1. The number of hydrogen-bond acceptors (Lipinski definition) is 4. The van der Waals surface area contributed by atoms with Crippen LogP contribution in [-0.2, 0) is 9.59 Å². The molecule has 1 unspecified atom stereocenters. The number of benzene rings is 2. The molecule has 1 aliphatic heterocycles. The fourth-order valence-electron chi connectivity index (χ4n) is 4.68. The number of carbonyl (C=O) groups excluding carboxylic acids is 2. The first-order chi connectivity index (χ1) is 16.7. The van der Waals surface area contributed by atoms with E-state index in [1.54, 1.807) is 9.47 Å². The molecule has 4 rings (SSSR count). The average molecular weight is 484 g/mol. The van der Waals surface area contributed by atoms with Crippen molar-refractivity contribution in [1.29, 1.82) is 0 Å². The van der Waals surface area contributed by atoms with Gasteiger partial charge in [0.05, 0.1) is 23.9 Å². The van der Waals surface area contributed by atoms with E-state index in [1.807, 2.05) is 50.8 Å². The Morgan fingerprint density at radius 2 is 1.66 bits per heavy atom. The Morgan fingerprint density at radius 1 is 1.03 bits per heavy atom. The van der Waals surface area contributed by atoms with Gasteiger partial charge in [-0.15, -0.1) is 0 Å². The highest BCUT2D eigenvalue weighted by Gasteiger charge is 2.32. The van der Waals surface area contributed by atoms with Crippen molar-refractivity contribution in [3.63, 3.8) is 0 Å². The second-order valence-corrected chi connectivity index (χ2v) is 9.51. The van der Waals surface area contributed by atoms with Gasteiger partial charge in [-0.2, -0.15) is 0 Å². The molecule has 2 amide bonds. The van der Waals surface area contributed by atoms with Crippen LogP contribution in [0.4, 0.5) is 14.5 Å². The number of anilines is 1. The lowest BCUT2D eigenvalue weighted by atomic mass is 10.0. The van der Waals surface area contributed by atoms with E-state index >= 15 is 0 Å². The Morgan fingerprint density at radius 3 is 2.29 bits per heavy atom. The van der Waals surface area contributed by atoms with Crippen LogP contribution in [0.15, 0.2) is 36.7 Å². The minimum Gasteiger partial charge on any atom is -0.338 e. The number of para-hydroxylation sites is 1. The summed E-state index contributed by atoms with van der Waals surface area (Å²) in [6, 6.07) is 7.43. The lowest BCUT2D eigenvalue weighted by molar-refractivity contribution is -0.137. The minimum atomic E-state index is -0.970. The van der Waals surface area contributed by atoms with Crippen molar-refractivity contribution in [1.82, 2.24) is 19.4 Å². The van der Waals surface area contributed by atoms with Crippen molar-refractivity contribution >= 4 is 28.5 Å². The van der Waals surface area contributed by atoms with E-state index in [2.05, 4.69) is 10.3 Å². The van der Waals surface area contributed by atoms with Crippen LogP contribution in [0.25, 0.3) is 11.0 Å². The normalized spacial score (nSPS) is 15.6. The first-order valence-corrected chi connectivity index (χ1v) is 11.8. The number of rotatable bonds is 6. The van der Waals surface area contributed by atoms with Gasteiger partial charge in [-0.3, -0.25) is 14.5 Å². The summed E-state index contributed by atoms with van der Waals surface area (Å²) in [5.41, 5.74) is 3.57. The van der Waals surface area contributed by atoms with Crippen LogP contribution in [0.5, 0.6) is 0 Å². The fourth-order valence-corrected chi connectivity index (χ4v) is 4.68. The molecule has 186 valence electrons. The number of carbonyl (C=O) groups is 2. The zero-order valence-corrected chi connectivity index (χ0v) is 20.5. The summed E-state index contributed by atoms with van der Waals surface area (Å²) < 4.78 is 29.2. The number of aromatic nitrogens is 2. The molecular weight excluding hydrogens is 452 g/mol. The van der Waals surface area contributed by atoms with E-state index in [9.17, 15) is 18.4 Å². The maximum absolute atomic E-state index is 13.9. The molecule has 0 radical (unpaired) electrons. The van der Waals surface area contributed by atoms with Gasteiger partial charge in [0.2, 0.25) is 11.8 Å². The highest BCUT2D eigenvalue weighted by atomic mass is 19.2. The molecule has 2 heterocycles. The summed E-state index contributed by atoms with van der Waals surface area (Å²) in [6.07, 6.45) is 1.47. The van der Waals surface area contributed by atoms with E-state index < -0.39 is 17.7 Å². The van der Waals surface area contributed by atoms with Gasteiger partial charge < -0.3 is 14.8 Å². The van der Waals surface area contributed by atoms with Crippen LogP contribution in [0.2, 0.25) is 0 Å². The molecule has 1 N–H and O–H groups in total. The number of imidazole rings is 1. The van der Waals surface area contributed by atoms with Crippen LogP contribution in [-0.4, -0.2) is 63.9 Å². The molecule has 1 atom stereocenters. The Labute approximate surface area is 203 Å². The molecule has 0 saturated carbocycles. The summed E-state index contributed by atoms with van der Waals surface area (Å²) in [7, 11) is 0. The molecule has 1 aliphatic rings. The van der Waals surface area contributed by atoms with Crippen LogP contribution in [0, 0.1) is 31.4 Å². The van der Waals surface area contributed by atoms with Gasteiger partial charge in [0.1, 0.15) is 6.04 Å². The first kappa shape index (κ1) is 24.8. The minimum absolute atomic E-state index is 0.0821. The number of fused-ring (bicyclic) bond motifs is 1. The molecule has 2 aromatic carbocycles. The predicted octanol–water partition coefficient (Wildman–Crippen LogP) is 3.91. The van der Waals surface area contributed by atoms with E-state index in [0.717, 1.165) is 28.9 Å². The van der Waals surface area contributed by atoms with Crippen molar-refractivity contribution in [3.05, 3.63) is 59.4 Å². The Bertz CT molecular complexity index is 1230. The van der Waals surface area contributed by atoms with Gasteiger partial charge in [0.25, 0.3) is 0 Å². The maximum Gasteiger partial charge on any atom is 0.246 e. The SMILES string of the molecule is Cc1cccc(C)c1NC(=O)CN1CCN(C(=O)C(C(C)C)n2cnc3cc(F)c(F)cc32)CC1. The number of nitrogens with one attached hydrogen (secondary N) is 1. The van der Waals surface area contributed by atoms with E-state index in [-0.39, 0.29) is 24.3 Å². The number of aryl methyl sites for hydroxylation is 2. The quantitative estimate of drug-likeness (QED) is 0.577. The van der Waals surface area contributed by atoms with E-state index in [0.29, 0.717) is 37.2 Å². The highest BCUT2D eigenvalue weighted by Crippen LogP contribution is 2.27. The van der Waals surface area contributed by atoms with Crippen LogP contribution >= 0.6 is 0 Å². The van der Waals surface area contributed by atoms with Crippen molar-refractivity contribution in [3.8, 4) is 0 Å². The molecule has 1 aromatic heterocycles. The molecule has 3 aromatic rings. The fraction of sp³-hybridized carbons (Fsp3) is 0.423. The zero-order valence-electron chi connectivity index (χ0n) is 20.5. The maximum atomic E-state index is 13.9. The third-order valence-electron chi connectivity index (χ3n) is 6.60.